The molecule has 2 nitrogen and oxygen atoms in total. The van der Waals surface area contributed by atoms with Crippen LogP contribution in [-0.4, -0.2) is 18.6 Å². The minimum atomic E-state index is 0.931. The zero-order valence-electron chi connectivity index (χ0n) is 8.04. The highest BCUT2D eigenvalue weighted by Gasteiger charge is 2.09. The lowest BCUT2D eigenvalue weighted by Gasteiger charge is -2.04. The smallest absolute Gasteiger partial charge is 0.0421 e. The summed E-state index contributed by atoms with van der Waals surface area (Å²) in [5, 5.41) is 2.00. The van der Waals surface area contributed by atoms with E-state index in [2.05, 4.69) is 42.8 Å². The van der Waals surface area contributed by atoms with Crippen molar-refractivity contribution in [3.8, 4) is 0 Å². The van der Waals surface area contributed by atoms with E-state index in [9.17, 15) is 0 Å². The van der Waals surface area contributed by atoms with Crippen molar-refractivity contribution in [3.63, 3.8) is 0 Å². The third-order valence-electron chi connectivity index (χ3n) is 2.26. The van der Waals surface area contributed by atoms with Gasteiger partial charge in [0.15, 0.2) is 0 Å². The number of hydrazine groups is 1. The highest BCUT2D eigenvalue weighted by Crippen LogP contribution is 2.18. The molecule has 68 valence electrons. The van der Waals surface area contributed by atoms with Gasteiger partial charge in [0.1, 0.15) is 0 Å². The van der Waals surface area contributed by atoms with Crippen LogP contribution < -0.4 is 5.43 Å². The van der Waals surface area contributed by atoms with Gasteiger partial charge in [-0.1, -0.05) is 29.8 Å². The van der Waals surface area contributed by atoms with Gasteiger partial charge in [-0.2, -0.15) is 0 Å². The van der Waals surface area contributed by atoms with Crippen molar-refractivity contribution in [3.05, 3.63) is 41.6 Å². The van der Waals surface area contributed by atoms with E-state index in [1.165, 1.54) is 16.7 Å². The van der Waals surface area contributed by atoms with Crippen LogP contribution in [0.5, 0.6) is 0 Å². The Morgan fingerprint density at radius 1 is 1.38 bits per heavy atom. The Kier molecular flexibility index (Phi) is 2.07. The molecule has 0 aliphatic carbocycles. The maximum absolute atomic E-state index is 3.23. The highest BCUT2D eigenvalue weighted by atomic mass is 15.5. The quantitative estimate of drug-likeness (QED) is 0.698. The SMILES string of the molecule is Cc1cccc(C2=CN(C)NC2)c1. The summed E-state index contributed by atoms with van der Waals surface area (Å²) in [6.07, 6.45) is 2.13. The molecule has 0 aromatic heterocycles. The molecule has 0 amide bonds. The monoisotopic (exact) mass is 174 g/mol. The molecule has 1 N–H and O–H groups in total. The molecule has 0 bridgehead atoms. The molecule has 1 heterocycles. The van der Waals surface area contributed by atoms with Crippen LogP contribution in [0.25, 0.3) is 5.57 Å². The van der Waals surface area contributed by atoms with Gasteiger partial charge in [0, 0.05) is 19.8 Å². The number of rotatable bonds is 1. The van der Waals surface area contributed by atoms with Gasteiger partial charge in [-0.05, 0) is 18.1 Å². The normalized spacial score (nSPS) is 16.2. The number of aryl methyl sites for hydroxylation is 1. The summed E-state index contributed by atoms with van der Waals surface area (Å²) >= 11 is 0. The van der Waals surface area contributed by atoms with E-state index in [1.54, 1.807) is 0 Å². The van der Waals surface area contributed by atoms with Crippen molar-refractivity contribution >= 4 is 5.57 Å². The van der Waals surface area contributed by atoms with Gasteiger partial charge in [0.2, 0.25) is 0 Å². The lowest BCUT2D eigenvalue weighted by molar-refractivity contribution is 0.374. The lowest BCUT2D eigenvalue weighted by atomic mass is 10.1. The molecule has 0 spiro atoms. The molecule has 2 heteroatoms. The molecule has 0 unspecified atom stereocenters. The Labute approximate surface area is 78.8 Å². The Morgan fingerprint density at radius 3 is 2.85 bits per heavy atom. The van der Waals surface area contributed by atoms with Crippen LogP contribution >= 0.6 is 0 Å². The van der Waals surface area contributed by atoms with Crippen molar-refractivity contribution < 1.29 is 0 Å². The zero-order chi connectivity index (χ0) is 9.26. The second kappa shape index (κ2) is 3.23. The molecule has 13 heavy (non-hydrogen) atoms. The van der Waals surface area contributed by atoms with E-state index in [0.29, 0.717) is 0 Å². The van der Waals surface area contributed by atoms with E-state index < -0.39 is 0 Å². The first-order valence-corrected chi connectivity index (χ1v) is 4.50. The lowest BCUT2D eigenvalue weighted by Crippen LogP contribution is -2.23. The highest BCUT2D eigenvalue weighted by molar-refractivity contribution is 5.68. The first-order chi connectivity index (χ1) is 6.25. The van der Waals surface area contributed by atoms with Crippen molar-refractivity contribution in [1.29, 1.82) is 0 Å². The zero-order valence-corrected chi connectivity index (χ0v) is 8.04. The molecule has 0 saturated carbocycles. The maximum atomic E-state index is 3.23. The Morgan fingerprint density at radius 2 is 2.23 bits per heavy atom. The van der Waals surface area contributed by atoms with Crippen LogP contribution in [0.3, 0.4) is 0 Å². The molecular weight excluding hydrogens is 160 g/mol. The Bertz CT molecular complexity index is 342. The molecular formula is C11H14N2. The average molecular weight is 174 g/mol. The molecule has 0 fully saturated rings. The average Bonchev–Trinajstić information content (AvgIpc) is 2.52. The number of hydrogen-bond acceptors (Lipinski definition) is 2. The largest absolute Gasteiger partial charge is 0.318 e. The topological polar surface area (TPSA) is 15.3 Å². The number of nitrogens with one attached hydrogen (secondary N) is 1. The third kappa shape index (κ3) is 1.73. The molecule has 1 aromatic rings. The Balaban J connectivity index is 2.31. The first kappa shape index (κ1) is 8.32. The van der Waals surface area contributed by atoms with Gasteiger partial charge in [-0.15, -0.1) is 0 Å². The van der Waals surface area contributed by atoms with Crippen LogP contribution in [0.2, 0.25) is 0 Å². The van der Waals surface area contributed by atoms with Gasteiger partial charge in [-0.3, -0.25) is 0 Å². The number of nitrogens with zero attached hydrogens (tertiary/aromatic N) is 1. The molecule has 0 atom stereocenters. The molecule has 0 saturated heterocycles. The third-order valence-corrected chi connectivity index (χ3v) is 2.26. The van der Waals surface area contributed by atoms with Gasteiger partial charge < -0.3 is 5.01 Å². The fourth-order valence-corrected chi connectivity index (χ4v) is 1.56. The van der Waals surface area contributed by atoms with E-state index >= 15 is 0 Å². The van der Waals surface area contributed by atoms with Crippen LogP contribution in [0.1, 0.15) is 11.1 Å². The van der Waals surface area contributed by atoms with Crippen LogP contribution in [0.15, 0.2) is 30.5 Å². The number of hydrogen-bond donors (Lipinski definition) is 1. The first-order valence-electron chi connectivity index (χ1n) is 4.50. The van der Waals surface area contributed by atoms with E-state index in [4.69, 9.17) is 0 Å². The minimum Gasteiger partial charge on any atom is -0.318 e. The van der Waals surface area contributed by atoms with Crippen molar-refractivity contribution in [2.24, 2.45) is 0 Å². The summed E-state index contributed by atoms with van der Waals surface area (Å²) in [6.45, 7) is 3.05. The summed E-state index contributed by atoms with van der Waals surface area (Å²) in [5.41, 5.74) is 7.21. The van der Waals surface area contributed by atoms with Gasteiger partial charge >= 0.3 is 0 Å². The predicted molar refractivity (Wildman–Crippen MR) is 54.9 cm³/mol. The minimum absolute atomic E-state index is 0.931. The predicted octanol–water partition coefficient (Wildman–Crippen LogP) is 1.79. The van der Waals surface area contributed by atoms with Gasteiger partial charge in [0.25, 0.3) is 0 Å². The van der Waals surface area contributed by atoms with Crippen LogP contribution in [0, 0.1) is 6.92 Å². The van der Waals surface area contributed by atoms with E-state index in [0.717, 1.165) is 6.54 Å². The van der Waals surface area contributed by atoms with E-state index in [-0.39, 0.29) is 0 Å². The Hall–Kier alpha value is -1.28. The van der Waals surface area contributed by atoms with Crippen molar-refractivity contribution in [1.82, 2.24) is 10.4 Å². The summed E-state index contributed by atoms with van der Waals surface area (Å²) in [5.74, 6) is 0. The number of benzene rings is 1. The summed E-state index contributed by atoms with van der Waals surface area (Å²) in [4.78, 5) is 0. The van der Waals surface area contributed by atoms with Gasteiger partial charge in [-0.25, -0.2) is 5.43 Å². The second-order valence-electron chi connectivity index (χ2n) is 3.47. The molecule has 0 radical (unpaired) electrons. The standard InChI is InChI=1S/C11H14N2/c1-9-4-3-5-10(6-9)11-7-12-13(2)8-11/h3-6,8,12H,7H2,1-2H3. The van der Waals surface area contributed by atoms with Crippen LogP contribution in [0.4, 0.5) is 0 Å². The summed E-state index contributed by atoms with van der Waals surface area (Å²) in [6, 6.07) is 8.59. The van der Waals surface area contributed by atoms with Crippen molar-refractivity contribution in [2.75, 3.05) is 13.6 Å². The second-order valence-corrected chi connectivity index (χ2v) is 3.47. The van der Waals surface area contributed by atoms with E-state index in [1.807, 2.05) is 12.1 Å². The summed E-state index contributed by atoms with van der Waals surface area (Å²) in [7, 11) is 2.02. The van der Waals surface area contributed by atoms with Crippen molar-refractivity contribution in [2.45, 2.75) is 6.92 Å². The van der Waals surface area contributed by atoms with Crippen LogP contribution in [-0.2, 0) is 0 Å². The molecule has 2 rings (SSSR count). The fraction of sp³-hybridized carbons (Fsp3) is 0.273. The summed E-state index contributed by atoms with van der Waals surface area (Å²) < 4.78 is 0. The molecule has 1 aliphatic heterocycles. The molecule has 1 aliphatic rings. The van der Waals surface area contributed by atoms with Gasteiger partial charge in [0.05, 0.1) is 0 Å². The fourth-order valence-electron chi connectivity index (χ4n) is 1.56. The molecule has 1 aromatic carbocycles. The maximum Gasteiger partial charge on any atom is 0.0421 e.